The fraction of sp³-hybridized carbons (Fsp3) is 0.625. The van der Waals surface area contributed by atoms with Crippen molar-refractivity contribution in [1.82, 2.24) is 0 Å². The standard InChI is InChI=1S/C16H20O4/c1-8(2)14-10-7-16(19)11(4-5-13(16)17)9(3)6-12(10)20-15(14)18/h4-5,9-12,19H,6-7H2,1-3H3/t9-,10+,11+,12-,16+/m1/s1. The average Bonchev–Trinajstić information content (AvgIpc) is 2.76. The van der Waals surface area contributed by atoms with Gasteiger partial charge in [-0.05, 0) is 38.7 Å². The predicted molar refractivity (Wildman–Crippen MR) is 72.7 cm³/mol. The molecule has 1 heterocycles. The molecule has 2 aliphatic carbocycles. The monoisotopic (exact) mass is 276 g/mol. The van der Waals surface area contributed by atoms with Crippen LogP contribution in [0.15, 0.2) is 23.3 Å². The molecule has 0 aromatic rings. The first-order chi connectivity index (χ1) is 9.34. The van der Waals surface area contributed by atoms with Gasteiger partial charge in [0, 0.05) is 17.4 Å². The van der Waals surface area contributed by atoms with Gasteiger partial charge in [-0.25, -0.2) is 4.79 Å². The summed E-state index contributed by atoms with van der Waals surface area (Å²) in [6.45, 7) is 5.77. The van der Waals surface area contributed by atoms with Gasteiger partial charge in [-0.15, -0.1) is 0 Å². The Bertz CT molecular complexity index is 541. The minimum Gasteiger partial charge on any atom is -0.458 e. The number of allylic oxidation sites excluding steroid dienone is 1. The van der Waals surface area contributed by atoms with E-state index in [-0.39, 0.29) is 42.0 Å². The summed E-state index contributed by atoms with van der Waals surface area (Å²) in [6, 6.07) is 0. The molecule has 0 unspecified atom stereocenters. The number of fused-ring (bicyclic) bond motifs is 2. The molecule has 0 radical (unpaired) electrons. The van der Waals surface area contributed by atoms with Gasteiger partial charge < -0.3 is 9.84 Å². The van der Waals surface area contributed by atoms with Crippen LogP contribution >= 0.6 is 0 Å². The lowest BCUT2D eigenvalue weighted by Crippen LogP contribution is -2.43. The lowest BCUT2D eigenvalue weighted by molar-refractivity contribution is -0.139. The molecule has 1 saturated heterocycles. The topological polar surface area (TPSA) is 63.6 Å². The Morgan fingerprint density at radius 2 is 2.10 bits per heavy atom. The van der Waals surface area contributed by atoms with Crippen molar-refractivity contribution in [3.8, 4) is 0 Å². The van der Waals surface area contributed by atoms with Gasteiger partial charge in [-0.1, -0.05) is 18.6 Å². The van der Waals surface area contributed by atoms with E-state index in [1.54, 1.807) is 0 Å². The summed E-state index contributed by atoms with van der Waals surface area (Å²) < 4.78 is 5.49. The number of ether oxygens (including phenoxy) is 1. The Balaban J connectivity index is 2.04. The van der Waals surface area contributed by atoms with Gasteiger partial charge in [0.1, 0.15) is 11.7 Å². The quantitative estimate of drug-likeness (QED) is 0.541. The fourth-order valence-corrected chi connectivity index (χ4v) is 4.05. The van der Waals surface area contributed by atoms with Crippen LogP contribution in [0.25, 0.3) is 0 Å². The molecular weight excluding hydrogens is 256 g/mol. The summed E-state index contributed by atoms with van der Waals surface area (Å²) in [7, 11) is 0. The number of carbonyl (C=O) groups excluding carboxylic acids is 2. The van der Waals surface area contributed by atoms with Gasteiger partial charge in [0.25, 0.3) is 0 Å². The Morgan fingerprint density at radius 1 is 1.40 bits per heavy atom. The molecule has 1 saturated carbocycles. The highest BCUT2D eigenvalue weighted by atomic mass is 16.6. The van der Waals surface area contributed by atoms with Gasteiger partial charge in [-0.2, -0.15) is 0 Å². The van der Waals surface area contributed by atoms with Crippen LogP contribution in [-0.4, -0.2) is 28.6 Å². The first kappa shape index (κ1) is 13.6. The van der Waals surface area contributed by atoms with E-state index in [0.717, 1.165) is 5.57 Å². The lowest BCUT2D eigenvalue weighted by Gasteiger charge is -2.30. The van der Waals surface area contributed by atoms with Crippen LogP contribution in [-0.2, 0) is 14.3 Å². The number of hydrogen-bond acceptors (Lipinski definition) is 4. The summed E-state index contributed by atoms with van der Waals surface area (Å²) in [4.78, 5) is 24.1. The van der Waals surface area contributed by atoms with Crippen LogP contribution in [0.3, 0.4) is 0 Å². The van der Waals surface area contributed by atoms with E-state index >= 15 is 0 Å². The summed E-state index contributed by atoms with van der Waals surface area (Å²) in [5, 5.41) is 10.9. The van der Waals surface area contributed by atoms with Crippen LogP contribution in [0.2, 0.25) is 0 Å². The smallest absolute Gasteiger partial charge is 0.334 e. The van der Waals surface area contributed by atoms with Crippen molar-refractivity contribution in [3.05, 3.63) is 23.3 Å². The van der Waals surface area contributed by atoms with Crippen molar-refractivity contribution >= 4 is 11.8 Å². The average molecular weight is 276 g/mol. The maximum absolute atomic E-state index is 12.1. The van der Waals surface area contributed by atoms with Gasteiger partial charge in [0.2, 0.25) is 0 Å². The Labute approximate surface area is 118 Å². The molecule has 0 aromatic heterocycles. The van der Waals surface area contributed by atoms with Crippen molar-refractivity contribution in [2.75, 3.05) is 0 Å². The number of hydrogen-bond donors (Lipinski definition) is 1. The molecule has 0 spiro atoms. The summed E-state index contributed by atoms with van der Waals surface area (Å²) in [5.74, 6) is -0.747. The van der Waals surface area contributed by atoms with E-state index in [1.807, 2.05) is 26.8 Å². The molecule has 1 N–H and O–H groups in total. The highest BCUT2D eigenvalue weighted by Crippen LogP contribution is 2.49. The highest BCUT2D eigenvalue weighted by molar-refractivity contribution is 6.00. The van der Waals surface area contributed by atoms with Crippen molar-refractivity contribution < 1.29 is 19.4 Å². The van der Waals surface area contributed by atoms with E-state index in [1.165, 1.54) is 6.08 Å². The zero-order chi connectivity index (χ0) is 14.7. The molecule has 5 atom stereocenters. The summed E-state index contributed by atoms with van der Waals surface area (Å²) in [5.41, 5.74) is 0.194. The molecule has 3 aliphatic rings. The lowest BCUT2D eigenvalue weighted by atomic mass is 9.77. The minimum atomic E-state index is -1.37. The van der Waals surface area contributed by atoms with Crippen molar-refractivity contribution in [1.29, 1.82) is 0 Å². The second kappa shape index (κ2) is 4.29. The van der Waals surface area contributed by atoms with E-state index in [2.05, 4.69) is 0 Å². The van der Waals surface area contributed by atoms with Crippen molar-refractivity contribution in [2.45, 2.75) is 45.3 Å². The third-order valence-corrected chi connectivity index (χ3v) is 5.02. The molecule has 108 valence electrons. The van der Waals surface area contributed by atoms with Crippen LogP contribution in [0, 0.1) is 17.8 Å². The zero-order valence-electron chi connectivity index (χ0n) is 12.1. The van der Waals surface area contributed by atoms with Crippen LogP contribution in [0.4, 0.5) is 0 Å². The minimum absolute atomic E-state index is 0.113. The number of aliphatic hydroxyl groups is 1. The number of rotatable bonds is 0. The first-order valence-corrected chi connectivity index (χ1v) is 7.18. The van der Waals surface area contributed by atoms with E-state index in [4.69, 9.17) is 4.74 Å². The number of ketones is 1. The van der Waals surface area contributed by atoms with Crippen molar-refractivity contribution in [3.63, 3.8) is 0 Å². The Kier molecular flexibility index (Phi) is 2.91. The molecular formula is C16H20O4. The molecule has 1 aliphatic heterocycles. The molecule has 0 bridgehead atoms. The molecule has 4 nitrogen and oxygen atoms in total. The molecule has 2 fully saturated rings. The van der Waals surface area contributed by atoms with E-state index < -0.39 is 5.60 Å². The van der Waals surface area contributed by atoms with Crippen LogP contribution in [0.1, 0.15) is 33.6 Å². The summed E-state index contributed by atoms with van der Waals surface area (Å²) in [6.07, 6.45) is 4.07. The Hall–Kier alpha value is -1.42. The Morgan fingerprint density at radius 3 is 2.75 bits per heavy atom. The maximum atomic E-state index is 12.1. The molecule has 0 amide bonds. The molecule has 20 heavy (non-hydrogen) atoms. The van der Waals surface area contributed by atoms with Gasteiger partial charge in [-0.3, -0.25) is 4.79 Å². The number of esters is 1. The third-order valence-electron chi connectivity index (χ3n) is 5.02. The van der Waals surface area contributed by atoms with Gasteiger partial charge in [0.15, 0.2) is 5.78 Å². The van der Waals surface area contributed by atoms with Crippen molar-refractivity contribution in [2.24, 2.45) is 17.8 Å². The molecule has 4 heteroatoms. The van der Waals surface area contributed by atoms with Gasteiger partial charge in [0.05, 0.1) is 0 Å². The SMILES string of the molecule is CC(C)=C1C(=O)O[C@@H]2C[C@@H](C)[C@@H]3C=CC(=O)[C@]3(O)C[C@H]12. The third kappa shape index (κ3) is 1.71. The first-order valence-electron chi connectivity index (χ1n) is 7.18. The second-order valence-electron chi connectivity index (χ2n) is 6.55. The van der Waals surface area contributed by atoms with E-state index in [0.29, 0.717) is 12.0 Å². The predicted octanol–water partition coefficient (Wildman–Crippen LogP) is 1.78. The number of carbonyl (C=O) groups is 2. The maximum Gasteiger partial charge on any atom is 0.334 e. The zero-order valence-corrected chi connectivity index (χ0v) is 12.1. The highest BCUT2D eigenvalue weighted by Gasteiger charge is 2.56. The van der Waals surface area contributed by atoms with E-state index in [9.17, 15) is 14.7 Å². The largest absolute Gasteiger partial charge is 0.458 e. The van der Waals surface area contributed by atoms with Crippen LogP contribution in [0.5, 0.6) is 0 Å². The molecule has 0 aromatic carbocycles. The second-order valence-corrected chi connectivity index (χ2v) is 6.55. The summed E-state index contributed by atoms with van der Waals surface area (Å²) >= 11 is 0. The fourth-order valence-electron chi connectivity index (χ4n) is 4.05. The van der Waals surface area contributed by atoms with Crippen LogP contribution < -0.4 is 0 Å². The normalized spacial score (nSPS) is 43.1. The van der Waals surface area contributed by atoms with Gasteiger partial charge >= 0.3 is 5.97 Å². The molecule has 3 rings (SSSR count).